The van der Waals surface area contributed by atoms with E-state index in [4.69, 9.17) is 19.9 Å². The Hall–Kier alpha value is -2.42. The maximum atomic E-state index is 12.5. The van der Waals surface area contributed by atoms with Gasteiger partial charge in [0.2, 0.25) is 0 Å². The van der Waals surface area contributed by atoms with Crippen molar-refractivity contribution in [2.45, 2.75) is 111 Å². The van der Waals surface area contributed by atoms with Gasteiger partial charge in [-0.05, 0) is 105 Å². The molecule has 0 aliphatic heterocycles. The second kappa shape index (κ2) is 12.4. The molecule has 1 aromatic heterocycles. The smallest absolute Gasteiger partial charge is 0.469 e. The highest BCUT2D eigenvalue weighted by molar-refractivity contribution is 5.69. The highest BCUT2D eigenvalue weighted by Crippen LogP contribution is 2.67. The van der Waals surface area contributed by atoms with Gasteiger partial charge >= 0.3 is 12.1 Å². The summed E-state index contributed by atoms with van der Waals surface area (Å²) in [7, 11) is 1.49. The number of nitrogens with two attached hydrogens (primary N) is 1. The van der Waals surface area contributed by atoms with Crippen molar-refractivity contribution in [1.29, 1.82) is 0 Å². The number of hydrogen-bond donors (Lipinski definition) is 1. The summed E-state index contributed by atoms with van der Waals surface area (Å²) >= 11 is 0. The second-order valence-electron chi connectivity index (χ2n) is 13.7. The SMILES string of the molecule is COC(=O)CC[C@@H](C)[C@H]1CC[C@H]2[C@@H]3CC=C4C[C@@H](OC(=O)OCc5cn(CCCN)nn5)CC[C@]4(C)[C@H]3CC[C@]12C. The number of carbonyl (C=O) groups is 2. The Labute approximate surface area is 244 Å². The standard InChI is InChI=1S/C32H50N4O5/c1-21(6-11-29(37)39-4)26-9-10-27-25-8-7-22-18-24(12-14-31(22,2)28(25)13-15-32(26,27)3)41-30(38)40-20-23-19-36(35-34-23)17-5-16-33/h7,19,21,24-28H,5-6,8-18,20,33H2,1-4H3/t21-,24+,25+,26-,27+,28+,31+,32-/m1/s1. The number of hydrogen-bond acceptors (Lipinski definition) is 8. The molecule has 0 amide bonds. The molecule has 9 nitrogen and oxygen atoms in total. The summed E-state index contributed by atoms with van der Waals surface area (Å²) in [6.07, 6.45) is 14.8. The van der Waals surface area contributed by atoms with Gasteiger partial charge in [0.05, 0.1) is 13.3 Å². The van der Waals surface area contributed by atoms with E-state index in [-0.39, 0.29) is 24.1 Å². The Morgan fingerprint density at radius 2 is 2.00 bits per heavy atom. The van der Waals surface area contributed by atoms with Crippen LogP contribution in [-0.4, -0.2) is 46.9 Å². The van der Waals surface area contributed by atoms with E-state index in [1.54, 1.807) is 10.9 Å². The molecule has 1 aromatic rings. The first-order valence-electron chi connectivity index (χ1n) is 15.9. The van der Waals surface area contributed by atoms with Crippen LogP contribution in [0.2, 0.25) is 0 Å². The third-order valence-electron chi connectivity index (χ3n) is 11.6. The molecule has 228 valence electrons. The Bertz CT molecular complexity index is 1120. The number of fused-ring (bicyclic) bond motifs is 5. The van der Waals surface area contributed by atoms with Crippen LogP contribution in [0.4, 0.5) is 4.79 Å². The van der Waals surface area contributed by atoms with Gasteiger partial charge in [0, 0.05) is 19.4 Å². The lowest BCUT2D eigenvalue weighted by Crippen LogP contribution is -2.51. The largest absolute Gasteiger partial charge is 0.508 e. The Balaban J connectivity index is 1.16. The van der Waals surface area contributed by atoms with Gasteiger partial charge in [-0.3, -0.25) is 9.48 Å². The quantitative estimate of drug-likeness (QED) is 0.276. The first-order valence-corrected chi connectivity index (χ1v) is 15.9. The van der Waals surface area contributed by atoms with Crippen LogP contribution >= 0.6 is 0 Å². The maximum Gasteiger partial charge on any atom is 0.508 e. The Morgan fingerprint density at radius 3 is 2.78 bits per heavy atom. The van der Waals surface area contributed by atoms with Crippen molar-refractivity contribution in [3.63, 3.8) is 0 Å². The number of nitrogens with zero attached hydrogens (tertiary/aromatic N) is 3. The molecule has 0 saturated heterocycles. The molecule has 3 fully saturated rings. The van der Waals surface area contributed by atoms with E-state index in [1.807, 2.05) is 0 Å². The van der Waals surface area contributed by atoms with Crippen molar-refractivity contribution in [2.24, 2.45) is 46.2 Å². The Kier molecular flexibility index (Phi) is 9.12. The molecule has 0 spiro atoms. The zero-order valence-electron chi connectivity index (χ0n) is 25.5. The number of aryl methyl sites for hydroxylation is 1. The van der Waals surface area contributed by atoms with Crippen molar-refractivity contribution >= 4 is 12.1 Å². The van der Waals surface area contributed by atoms with Crippen LogP contribution in [0.1, 0.15) is 97.1 Å². The molecule has 0 aromatic carbocycles. The Morgan fingerprint density at radius 1 is 1.17 bits per heavy atom. The van der Waals surface area contributed by atoms with Crippen molar-refractivity contribution in [3.05, 3.63) is 23.5 Å². The lowest BCUT2D eigenvalue weighted by Gasteiger charge is -2.58. The van der Waals surface area contributed by atoms with Gasteiger partial charge in [0.1, 0.15) is 18.4 Å². The summed E-state index contributed by atoms with van der Waals surface area (Å²) in [5.41, 5.74) is 8.18. The molecule has 4 aliphatic rings. The zero-order chi connectivity index (χ0) is 29.2. The lowest BCUT2D eigenvalue weighted by atomic mass is 9.47. The van der Waals surface area contributed by atoms with E-state index in [9.17, 15) is 9.59 Å². The van der Waals surface area contributed by atoms with Gasteiger partial charge in [0.25, 0.3) is 0 Å². The first-order chi connectivity index (χ1) is 19.7. The number of carbonyl (C=O) groups excluding carboxylic acids is 2. The normalized spacial score (nSPS) is 35.0. The number of allylic oxidation sites excluding steroid dienone is 1. The molecule has 2 N–H and O–H groups in total. The van der Waals surface area contributed by atoms with Gasteiger partial charge in [0.15, 0.2) is 0 Å². The molecule has 0 unspecified atom stereocenters. The van der Waals surface area contributed by atoms with Crippen LogP contribution in [0, 0.1) is 40.4 Å². The van der Waals surface area contributed by atoms with Crippen LogP contribution in [-0.2, 0) is 32.2 Å². The van der Waals surface area contributed by atoms with Gasteiger partial charge in [-0.15, -0.1) is 5.10 Å². The summed E-state index contributed by atoms with van der Waals surface area (Å²) in [6.45, 7) is 8.73. The summed E-state index contributed by atoms with van der Waals surface area (Å²) < 4.78 is 17.8. The van der Waals surface area contributed by atoms with Crippen LogP contribution in [0.15, 0.2) is 17.8 Å². The molecule has 41 heavy (non-hydrogen) atoms. The van der Waals surface area contributed by atoms with Crippen molar-refractivity contribution in [1.82, 2.24) is 15.0 Å². The number of esters is 1. The van der Waals surface area contributed by atoms with Crippen LogP contribution in [0.5, 0.6) is 0 Å². The average molecular weight is 571 g/mol. The number of aromatic nitrogens is 3. The van der Waals surface area contributed by atoms with E-state index in [0.717, 1.165) is 50.4 Å². The number of rotatable bonds is 10. The molecule has 8 atom stereocenters. The molecule has 0 bridgehead atoms. The summed E-state index contributed by atoms with van der Waals surface area (Å²) in [4.78, 5) is 24.3. The number of ether oxygens (including phenoxy) is 3. The minimum Gasteiger partial charge on any atom is -0.469 e. The van der Waals surface area contributed by atoms with E-state index in [1.165, 1.54) is 38.4 Å². The van der Waals surface area contributed by atoms with E-state index < -0.39 is 6.16 Å². The van der Waals surface area contributed by atoms with Crippen LogP contribution in [0.3, 0.4) is 0 Å². The molecular formula is C32H50N4O5. The lowest BCUT2D eigenvalue weighted by molar-refractivity contribution is -0.141. The van der Waals surface area contributed by atoms with Crippen molar-refractivity contribution in [3.8, 4) is 0 Å². The van der Waals surface area contributed by atoms with E-state index in [2.05, 4.69) is 37.2 Å². The molecule has 0 radical (unpaired) electrons. The first kappa shape index (κ1) is 30.1. The average Bonchev–Trinajstić information content (AvgIpc) is 3.57. The maximum absolute atomic E-state index is 12.5. The number of methoxy groups -OCH3 is 1. The molecule has 4 aliphatic carbocycles. The van der Waals surface area contributed by atoms with Crippen molar-refractivity contribution < 1.29 is 23.8 Å². The molecule has 1 heterocycles. The fraction of sp³-hybridized carbons (Fsp3) is 0.812. The highest BCUT2D eigenvalue weighted by atomic mass is 16.7. The minimum absolute atomic E-state index is 0.0563. The molecule has 5 rings (SSSR count). The van der Waals surface area contributed by atoms with Gasteiger partial charge in [-0.2, -0.15) is 0 Å². The fourth-order valence-corrected chi connectivity index (χ4v) is 9.42. The molecule has 9 heteroatoms. The third-order valence-corrected chi connectivity index (χ3v) is 11.6. The summed E-state index contributed by atoms with van der Waals surface area (Å²) in [5.74, 6) is 3.30. The summed E-state index contributed by atoms with van der Waals surface area (Å²) in [6, 6.07) is 0. The van der Waals surface area contributed by atoms with E-state index >= 15 is 0 Å². The van der Waals surface area contributed by atoms with Crippen molar-refractivity contribution in [2.75, 3.05) is 13.7 Å². The van der Waals surface area contributed by atoms with Gasteiger partial charge < -0.3 is 19.9 Å². The third kappa shape index (κ3) is 6.06. The van der Waals surface area contributed by atoms with Crippen LogP contribution < -0.4 is 5.73 Å². The molecular weight excluding hydrogens is 520 g/mol. The second-order valence-corrected chi connectivity index (χ2v) is 13.7. The minimum atomic E-state index is -0.629. The zero-order valence-corrected chi connectivity index (χ0v) is 25.5. The van der Waals surface area contributed by atoms with Gasteiger partial charge in [-0.1, -0.05) is 37.6 Å². The summed E-state index contributed by atoms with van der Waals surface area (Å²) in [5, 5.41) is 8.10. The monoisotopic (exact) mass is 570 g/mol. The van der Waals surface area contributed by atoms with Crippen LogP contribution in [0.25, 0.3) is 0 Å². The highest BCUT2D eigenvalue weighted by Gasteiger charge is 2.59. The fourth-order valence-electron chi connectivity index (χ4n) is 9.42. The van der Waals surface area contributed by atoms with E-state index in [0.29, 0.717) is 48.4 Å². The van der Waals surface area contributed by atoms with Gasteiger partial charge in [-0.25, -0.2) is 4.79 Å². The predicted molar refractivity (Wildman–Crippen MR) is 154 cm³/mol. The molecule has 3 saturated carbocycles. The predicted octanol–water partition coefficient (Wildman–Crippen LogP) is 5.82. The topological polar surface area (TPSA) is 119 Å².